The number of aromatic nitrogens is 1. The number of unbranched alkanes of at least 4 members (excludes halogenated alkanes) is 1. The summed E-state index contributed by atoms with van der Waals surface area (Å²) in [5, 5.41) is 1.33. The van der Waals surface area contributed by atoms with Crippen LogP contribution in [0.15, 0.2) is 12.1 Å². The van der Waals surface area contributed by atoms with Crippen molar-refractivity contribution in [1.29, 1.82) is 0 Å². The van der Waals surface area contributed by atoms with Gasteiger partial charge in [-0.05, 0) is 62.9 Å². The fraction of sp³-hybridized carbons (Fsp3) is 0.500. The van der Waals surface area contributed by atoms with Crippen LogP contribution in [0, 0.1) is 20.8 Å². The molecule has 0 amide bonds. The van der Waals surface area contributed by atoms with E-state index < -0.39 is 0 Å². The molecule has 2 aliphatic heterocycles. The number of hydrogen-bond donors (Lipinski definition) is 1. The van der Waals surface area contributed by atoms with E-state index in [0.29, 0.717) is 0 Å². The van der Waals surface area contributed by atoms with Crippen LogP contribution in [0.5, 0.6) is 0 Å². The van der Waals surface area contributed by atoms with Crippen LogP contribution in [-0.2, 0) is 6.42 Å². The number of piperazine rings is 1. The quantitative estimate of drug-likeness (QED) is 0.235. The number of nitrogens with zero attached hydrogens (tertiary/aromatic N) is 3. The van der Waals surface area contributed by atoms with Crippen molar-refractivity contribution in [3.63, 3.8) is 0 Å². The van der Waals surface area contributed by atoms with E-state index in [4.69, 9.17) is 10.7 Å². The molecule has 30 heavy (non-hydrogen) atoms. The number of hydrogen-bond acceptors (Lipinski definition) is 4. The second-order valence-corrected chi connectivity index (χ2v) is 9.59. The van der Waals surface area contributed by atoms with Crippen molar-refractivity contribution in [3.05, 3.63) is 39.7 Å². The molecule has 1 fully saturated rings. The number of anilines is 1. The summed E-state index contributed by atoms with van der Waals surface area (Å²) in [5.41, 5.74) is 14.6. The van der Waals surface area contributed by atoms with Gasteiger partial charge in [-0.1, -0.05) is 13.3 Å². The molecule has 0 spiro atoms. The number of benzene rings is 2. The zero-order valence-electron chi connectivity index (χ0n) is 18.8. The highest BCUT2D eigenvalue weighted by Crippen LogP contribution is 2.39. The molecule has 2 N–H and O–H groups in total. The molecule has 0 atom stereocenters. The van der Waals surface area contributed by atoms with Crippen LogP contribution in [0.3, 0.4) is 0 Å². The maximum atomic E-state index is 6.49. The normalized spacial score (nSPS) is 15.0. The van der Waals surface area contributed by atoms with Crippen molar-refractivity contribution in [3.8, 4) is 10.6 Å². The SMILES string of the molecule is CCCCc1c(C)c(N)c(C)c2nc3c(C)cc(=[N+]4CCN(C)CC4)cc-3sc12.[I-]. The predicted octanol–water partition coefficient (Wildman–Crippen LogP) is 0.973. The fourth-order valence-electron chi connectivity index (χ4n) is 4.37. The van der Waals surface area contributed by atoms with Crippen LogP contribution in [0.2, 0.25) is 0 Å². The van der Waals surface area contributed by atoms with Crippen LogP contribution in [0.1, 0.15) is 42.0 Å². The Balaban J connectivity index is 0.00000256. The van der Waals surface area contributed by atoms with Gasteiger partial charge in [-0.3, -0.25) is 4.90 Å². The van der Waals surface area contributed by atoms with Gasteiger partial charge < -0.3 is 29.7 Å². The first-order valence-corrected chi connectivity index (χ1v) is 11.6. The van der Waals surface area contributed by atoms with Gasteiger partial charge in [0.15, 0.2) is 13.1 Å². The number of fused-ring (bicyclic) bond motifs is 2. The van der Waals surface area contributed by atoms with Gasteiger partial charge in [0.25, 0.3) is 0 Å². The van der Waals surface area contributed by atoms with Crippen molar-refractivity contribution >= 4 is 27.2 Å². The first kappa shape index (κ1) is 23.4. The topological polar surface area (TPSA) is 45.2 Å². The minimum absolute atomic E-state index is 0. The molecule has 4 nitrogen and oxygen atoms in total. The average Bonchev–Trinajstić information content (AvgIpc) is 2.72. The van der Waals surface area contributed by atoms with Crippen LogP contribution >= 0.6 is 11.3 Å². The van der Waals surface area contributed by atoms with Gasteiger partial charge in [0.1, 0.15) is 0 Å². The second-order valence-electron chi connectivity index (χ2n) is 8.54. The Hall–Kier alpha value is -1.25. The Morgan fingerprint density at radius 1 is 1.13 bits per heavy atom. The molecule has 162 valence electrons. The molecular formula is C24H33IN4S. The molecule has 4 rings (SSSR count). The first-order chi connectivity index (χ1) is 13.9. The third-order valence-corrected chi connectivity index (χ3v) is 7.61. The lowest BCUT2D eigenvalue weighted by atomic mass is 9.97. The number of rotatable bonds is 3. The third kappa shape index (κ3) is 4.23. The van der Waals surface area contributed by atoms with Crippen LogP contribution < -0.4 is 39.6 Å². The van der Waals surface area contributed by atoms with Crippen molar-refractivity contribution in [2.75, 3.05) is 39.0 Å². The largest absolute Gasteiger partial charge is 1.00 e. The Labute approximate surface area is 201 Å². The van der Waals surface area contributed by atoms with Crippen molar-refractivity contribution in [1.82, 2.24) is 14.5 Å². The van der Waals surface area contributed by atoms with Crippen LogP contribution in [-0.4, -0.2) is 43.1 Å². The molecule has 3 aliphatic rings. The lowest BCUT2D eigenvalue weighted by molar-refractivity contribution is -0.00000614. The number of nitrogen functional groups attached to an aromatic ring is 1. The fourth-order valence-corrected chi connectivity index (χ4v) is 5.75. The molecule has 0 bridgehead atoms. The van der Waals surface area contributed by atoms with E-state index in [1.165, 1.54) is 44.5 Å². The summed E-state index contributed by atoms with van der Waals surface area (Å²) in [5.74, 6) is 0. The Morgan fingerprint density at radius 3 is 2.50 bits per heavy atom. The highest BCUT2D eigenvalue weighted by atomic mass is 127. The third-order valence-electron chi connectivity index (χ3n) is 6.44. The number of halogens is 1. The summed E-state index contributed by atoms with van der Waals surface area (Å²) in [7, 11) is 2.20. The van der Waals surface area contributed by atoms with E-state index in [1.807, 2.05) is 11.3 Å². The molecule has 0 radical (unpaired) electrons. The number of likely N-dealkylation sites (N-methyl/N-ethyl adjacent to an activating group) is 1. The van der Waals surface area contributed by atoms with E-state index >= 15 is 0 Å². The molecule has 6 heteroatoms. The Bertz CT molecular complexity index is 1110. The molecule has 2 heterocycles. The van der Waals surface area contributed by atoms with E-state index in [-0.39, 0.29) is 24.0 Å². The molecule has 0 unspecified atom stereocenters. The summed E-state index contributed by atoms with van der Waals surface area (Å²) in [6.45, 7) is 13.2. The monoisotopic (exact) mass is 536 g/mol. The summed E-state index contributed by atoms with van der Waals surface area (Å²) in [4.78, 5) is 8.84. The number of aryl methyl sites for hydroxylation is 3. The summed E-state index contributed by atoms with van der Waals surface area (Å²) >= 11 is 1.90. The van der Waals surface area contributed by atoms with Gasteiger partial charge in [0.05, 0.1) is 33.9 Å². The smallest absolute Gasteiger partial charge is 0.201 e. The van der Waals surface area contributed by atoms with Gasteiger partial charge >= 0.3 is 0 Å². The highest BCUT2D eigenvalue weighted by molar-refractivity contribution is 7.21. The molecule has 1 aromatic rings. The molecule has 1 saturated heterocycles. The lowest BCUT2D eigenvalue weighted by Gasteiger charge is -2.21. The van der Waals surface area contributed by atoms with Gasteiger partial charge in [-0.2, -0.15) is 0 Å². The standard InChI is InChI=1S/C24H33N4S.HI/c1-6-7-8-19-16(3)21(25)17(4)23-24(19)29-20-14-18(13-15(2)22(20)26-23)28-11-9-27(5)10-12-28;/h13-14H,6-12,25H2,1-5H3;1H/q+1;/p-1. The van der Waals surface area contributed by atoms with Crippen molar-refractivity contribution in [2.24, 2.45) is 0 Å². The van der Waals surface area contributed by atoms with E-state index in [9.17, 15) is 0 Å². The Morgan fingerprint density at radius 2 is 1.83 bits per heavy atom. The van der Waals surface area contributed by atoms with Gasteiger partial charge in [0, 0.05) is 17.8 Å². The highest BCUT2D eigenvalue weighted by Gasteiger charge is 2.21. The molecule has 1 aliphatic carbocycles. The average molecular weight is 537 g/mol. The molecule has 0 saturated carbocycles. The van der Waals surface area contributed by atoms with Gasteiger partial charge in [0.2, 0.25) is 5.36 Å². The van der Waals surface area contributed by atoms with Gasteiger partial charge in [-0.25, -0.2) is 9.56 Å². The van der Waals surface area contributed by atoms with E-state index in [0.717, 1.165) is 55.1 Å². The first-order valence-electron chi connectivity index (χ1n) is 10.8. The number of nitrogens with two attached hydrogens (primary N) is 1. The summed E-state index contributed by atoms with van der Waals surface area (Å²) < 4.78 is 3.84. The van der Waals surface area contributed by atoms with Crippen LogP contribution in [0.25, 0.3) is 20.8 Å². The van der Waals surface area contributed by atoms with Gasteiger partial charge in [-0.15, -0.1) is 11.3 Å². The second kappa shape index (κ2) is 9.49. The molecular weight excluding hydrogens is 503 g/mol. The van der Waals surface area contributed by atoms with E-state index in [1.54, 1.807) is 0 Å². The maximum absolute atomic E-state index is 6.49. The molecule has 1 aromatic carbocycles. The molecule has 0 aromatic heterocycles. The lowest BCUT2D eigenvalue weighted by Crippen LogP contribution is -3.00. The minimum Gasteiger partial charge on any atom is -1.00 e. The predicted molar refractivity (Wildman–Crippen MR) is 126 cm³/mol. The Kier molecular flexibility index (Phi) is 7.40. The minimum atomic E-state index is 0. The van der Waals surface area contributed by atoms with Crippen molar-refractivity contribution < 1.29 is 24.0 Å². The van der Waals surface area contributed by atoms with E-state index in [2.05, 4.69) is 56.4 Å². The zero-order chi connectivity index (χ0) is 20.7. The summed E-state index contributed by atoms with van der Waals surface area (Å²) in [6, 6.07) is 4.67. The van der Waals surface area contributed by atoms with Crippen molar-refractivity contribution in [2.45, 2.75) is 47.0 Å². The van der Waals surface area contributed by atoms with Crippen LogP contribution in [0.4, 0.5) is 5.69 Å². The summed E-state index contributed by atoms with van der Waals surface area (Å²) in [6.07, 6.45) is 3.45. The maximum Gasteiger partial charge on any atom is 0.201 e. The zero-order valence-corrected chi connectivity index (χ0v) is 21.8.